The van der Waals surface area contributed by atoms with E-state index in [-0.39, 0.29) is 25.7 Å². The van der Waals surface area contributed by atoms with Gasteiger partial charge in [-0.1, -0.05) is 127 Å². The average molecular weight is 645 g/mol. The van der Waals surface area contributed by atoms with E-state index in [0.717, 1.165) is 27.8 Å². The SMILES string of the molecule is CCOC(=O)C(NC(c1ccccc1)c1ccccc1)C1(OCc2ccccc2C)C(=O)N(Cc2ccccc2)c2ccc(Cl)cc21. The van der Waals surface area contributed by atoms with Gasteiger partial charge < -0.3 is 14.4 Å². The van der Waals surface area contributed by atoms with E-state index in [9.17, 15) is 4.79 Å². The maximum atomic E-state index is 15.2. The lowest BCUT2D eigenvalue weighted by molar-refractivity contribution is -0.169. The normalized spacial score (nSPS) is 16.3. The number of fused-ring (bicyclic) bond motifs is 1. The number of hydrogen-bond acceptors (Lipinski definition) is 5. The fourth-order valence-corrected chi connectivity index (χ4v) is 6.45. The van der Waals surface area contributed by atoms with Gasteiger partial charge in [-0.3, -0.25) is 14.9 Å². The van der Waals surface area contributed by atoms with Crippen LogP contribution in [0, 0.1) is 6.92 Å². The van der Waals surface area contributed by atoms with Gasteiger partial charge in [-0.15, -0.1) is 0 Å². The van der Waals surface area contributed by atoms with E-state index in [4.69, 9.17) is 21.1 Å². The van der Waals surface area contributed by atoms with Gasteiger partial charge >= 0.3 is 5.97 Å². The summed E-state index contributed by atoms with van der Waals surface area (Å²) in [4.78, 5) is 31.3. The van der Waals surface area contributed by atoms with Crippen molar-refractivity contribution in [1.82, 2.24) is 5.32 Å². The van der Waals surface area contributed by atoms with Gasteiger partial charge in [0.15, 0.2) is 0 Å². The monoisotopic (exact) mass is 644 g/mol. The van der Waals surface area contributed by atoms with E-state index in [1.807, 2.05) is 128 Å². The topological polar surface area (TPSA) is 67.9 Å². The Kier molecular flexibility index (Phi) is 9.83. The number of rotatable bonds is 12. The zero-order valence-electron chi connectivity index (χ0n) is 26.4. The Morgan fingerprint density at radius 2 is 1.43 bits per heavy atom. The van der Waals surface area contributed by atoms with Crippen LogP contribution < -0.4 is 10.2 Å². The molecule has 1 amide bonds. The smallest absolute Gasteiger partial charge is 0.327 e. The van der Waals surface area contributed by atoms with Crippen molar-refractivity contribution in [3.05, 3.63) is 172 Å². The Balaban J connectivity index is 1.55. The molecule has 47 heavy (non-hydrogen) atoms. The molecule has 0 fully saturated rings. The van der Waals surface area contributed by atoms with Gasteiger partial charge in [-0.25, -0.2) is 0 Å². The van der Waals surface area contributed by atoms with Gasteiger partial charge in [-0.05, 0) is 59.9 Å². The summed E-state index contributed by atoms with van der Waals surface area (Å²) in [5.41, 5.74) is 3.97. The highest BCUT2D eigenvalue weighted by Crippen LogP contribution is 2.48. The maximum Gasteiger partial charge on any atom is 0.327 e. The molecule has 0 aliphatic carbocycles. The molecular weight excluding hydrogens is 608 g/mol. The Labute approximate surface area is 280 Å². The van der Waals surface area contributed by atoms with Crippen molar-refractivity contribution < 1.29 is 19.1 Å². The van der Waals surface area contributed by atoms with Crippen LogP contribution in [0.3, 0.4) is 0 Å². The molecule has 6 rings (SSSR count). The second-order valence-electron chi connectivity index (χ2n) is 11.6. The zero-order valence-corrected chi connectivity index (χ0v) is 27.2. The predicted octanol–water partition coefficient (Wildman–Crippen LogP) is 7.92. The second-order valence-corrected chi connectivity index (χ2v) is 12.0. The fraction of sp³-hybridized carbons (Fsp3) is 0.200. The molecular formula is C40H37ClN2O4. The summed E-state index contributed by atoms with van der Waals surface area (Å²) in [6.45, 7) is 4.22. The largest absolute Gasteiger partial charge is 0.465 e. The van der Waals surface area contributed by atoms with Gasteiger partial charge in [0.2, 0.25) is 5.60 Å². The standard InChI is InChI=1S/C40H37ClN2O4/c1-3-46-38(44)37(42-36(30-18-9-5-10-19-30)31-20-11-6-12-21-31)40(47-27-32-22-14-13-15-28(32)2)34-25-33(41)23-24-35(34)43(39(40)45)26-29-16-7-4-8-17-29/h4-25,36-37,42H,3,26-27H2,1-2H3. The first kappa shape index (κ1) is 32.2. The molecule has 0 aromatic heterocycles. The number of aryl methyl sites for hydroxylation is 1. The van der Waals surface area contributed by atoms with Gasteiger partial charge in [-0.2, -0.15) is 0 Å². The van der Waals surface area contributed by atoms with Crippen LogP contribution in [0.2, 0.25) is 5.02 Å². The molecule has 1 heterocycles. The molecule has 0 saturated carbocycles. The lowest BCUT2D eigenvalue weighted by Gasteiger charge is -2.38. The van der Waals surface area contributed by atoms with Crippen molar-refractivity contribution in [3.8, 4) is 0 Å². The summed E-state index contributed by atoms with van der Waals surface area (Å²) in [6.07, 6.45) is 0. The summed E-state index contributed by atoms with van der Waals surface area (Å²) in [5.74, 6) is -0.979. The van der Waals surface area contributed by atoms with E-state index in [1.54, 1.807) is 24.0 Å². The van der Waals surface area contributed by atoms with E-state index < -0.39 is 23.7 Å². The minimum atomic E-state index is -1.83. The molecule has 238 valence electrons. The van der Waals surface area contributed by atoms with Crippen LogP contribution in [-0.2, 0) is 37.8 Å². The van der Waals surface area contributed by atoms with Crippen LogP contribution in [0.25, 0.3) is 0 Å². The summed E-state index contributed by atoms with van der Waals surface area (Å²) in [6, 6.07) is 40.9. The van der Waals surface area contributed by atoms with E-state index in [2.05, 4.69) is 5.32 Å². The van der Waals surface area contributed by atoms with Crippen molar-refractivity contribution in [3.63, 3.8) is 0 Å². The Bertz CT molecular complexity index is 1790. The summed E-state index contributed by atoms with van der Waals surface area (Å²) in [7, 11) is 0. The van der Waals surface area contributed by atoms with Gasteiger partial charge in [0.25, 0.3) is 5.91 Å². The number of ether oxygens (including phenoxy) is 2. The van der Waals surface area contributed by atoms with E-state index in [1.165, 1.54) is 0 Å². The number of amides is 1. The van der Waals surface area contributed by atoms with Crippen LogP contribution in [-0.4, -0.2) is 24.5 Å². The molecule has 5 aromatic rings. The van der Waals surface area contributed by atoms with Crippen LogP contribution in [0.5, 0.6) is 0 Å². The van der Waals surface area contributed by atoms with Crippen LogP contribution in [0.1, 0.15) is 46.3 Å². The first-order valence-corrected chi connectivity index (χ1v) is 16.2. The third-order valence-corrected chi connectivity index (χ3v) is 8.88. The molecule has 1 N–H and O–H groups in total. The van der Waals surface area contributed by atoms with Crippen molar-refractivity contribution in [2.75, 3.05) is 11.5 Å². The molecule has 1 aliphatic rings. The Morgan fingerprint density at radius 3 is 2.04 bits per heavy atom. The molecule has 0 bridgehead atoms. The number of benzene rings is 5. The molecule has 0 radical (unpaired) electrons. The highest BCUT2D eigenvalue weighted by atomic mass is 35.5. The molecule has 0 spiro atoms. The quantitative estimate of drug-likeness (QED) is 0.140. The number of esters is 1. The van der Waals surface area contributed by atoms with Gasteiger partial charge in [0.05, 0.1) is 31.5 Å². The molecule has 5 aromatic carbocycles. The number of hydrogen-bond donors (Lipinski definition) is 1. The zero-order chi connectivity index (χ0) is 32.8. The van der Waals surface area contributed by atoms with Gasteiger partial charge in [0.1, 0.15) is 6.04 Å². The Hall–Kier alpha value is -4.75. The lowest BCUT2D eigenvalue weighted by atomic mass is 9.85. The van der Waals surface area contributed by atoms with Crippen molar-refractivity contribution in [2.24, 2.45) is 0 Å². The van der Waals surface area contributed by atoms with Crippen molar-refractivity contribution >= 4 is 29.2 Å². The highest BCUT2D eigenvalue weighted by molar-refractivity contribution is 6.31. The summed E-state index contributed by atoms with van der Waals surface area (Å²) >= 11 is 6.67. The first-order chi connectivity index (χ1) is 22.9. The Morgan fingerprint density at radius 1 is 0.830 bits per heavy atom. The van der Waals surface area contributed by atoms with Crippen LogP contribution >= 0.6 is 11.6 Å². The number of nitrogens with zero attached hydrogens (tertiary/aromatic N) is 1. The minimum Gasteiger partial charge on any atom is -0.465 e. The fourth-order valence-electron chi connectivity index (χ4n) is 6.27. The number of carbonyl (C=O) groups excluding carboxylic acids is 2. The molecule has 6 nitrogen and oxygen atoms in total. The number of nitrogens with one attached hydrogen (secondary N) is 1. The minimum absolute atomic E-state index is 0.0719. The summed E-state index contributed by atoms with van der Waals surface area (Å²) in [5, 5.41) is 4.01. The van der Waals surface area contributed by atoms with E-state index >= 15 is 4.79 Å². The third-order valence-electron chi connectivity index (χ3n) is 8.64. The van der Waals surface area contributed by atoms with Crippen molar-refractivity contribution in [1.29, 1.82) is 0 Å². The molecule has 7 heteroatoms. The molecule has 0 saturated heterocycles. The highest BCUT2D eigenvalue weighted by Gasteiger charge is 2.60. The third kappa shape index (κ3) is 6.58. The first-order valence-electron chi connectivity index (χ1n) is 15.8. The average Bonchev–Trinajstić information content (AvgIpc) is 3.32. The van der Waals surface area contributed by atoms with E-state index in [0.29, 0.717) is 16.3 Å². The molecule has 2 atom stereocenters. The van der Waals surface area contributed by atoms with Crippen LogP contribution in [0.4, 0.5) is 5.69 Å². The maximum absolute atomic E-state index is 15.2. The lowest BCUT2D eigenvalue weighted by Crippen LogP contribution is -2.60. The van der Waals surface area contributed by atoms with Gasteiger partial charge in [0, 0.05) is 10.6 Å². The second kappa shape index (κ2) is 14.3. The number of anilines is 1. The molecule has 2 unspecified atom stereocenters. The van der Waals surface area contributed by atoms with Crippen molar-refractivity contribution in [2.45, 2.75) is 44.7 Å². The number of carbonyl (C=O) groups is 2. The van der Waals surface area contributed by atoms with Crippen LogP contribution in [0.15, 0.2) is 133 Å². The molecule has 1 aliphatic heterocycles. The predicted molar refractivity (Wildman–Crippen MR) is 185 cm³/mol. The number of halogens is 1. The summed E-state index contributed by atoms with van der Waals surface area (Å²) < 4.78 is 12.7.